The highest BCUT2D eigenvalue weighted by molar-refractivity contribution is 6.10. The van der Waals surface area contributed by atoms with Crippen molar-refractivity contribution in [1.82, 2.24) is 15.2 Å². The Balaban J connectivity index is 1.35. The van der Waals surface area contributed by atoms with E-state index in [0.717, 1.165) is 11.1 Å². The van der Waals surface area contributed by atoms with E-state index in [9.17, 15) is 19.5 Å². The molecular weight excluding hydrogens is 432 g/mol. The van der Waals surface area contributed by atoms with Gasteiger partial charge in [0.15, 0.2) is 0 Å². The minimum atomic E-state index is -0.657. The number of phenols is 1. The maximum absolute atomic E-state index is 13.4. The first-order chi connectivity index (χ1) is 16.5. The van der Waals surface area contributed by atoms with Gasteiger partial charge < -0.3 is 20.6 Å². The summed E-state index contributed by atoms with van der Waals surface area (Å²) in [6.07, 6.45) is 7.15. The summed E-state index contributed by atoms with van der Waals surface area (Å²) in [5.41, 5.74) is 3.01. The van der Waals surface area contributed by atoms with Crippen LogP contribution in [-0.4, -0.2) is 51.3 Å². The van der Waals surface area contributed by atoms with E-state index >= 15 is 0 Å². The Bertz CT molecular complexity index is 1290. The fraction of sp³-hybridized carbons (Fsp3) is 0.154. The quantitative estimate of drug-likeness (QED) is 0.525. The predicted octanol–water partition coefficient (Wildman–Crippen LogP) is 2.92. The van der Waals surface area contributed by atoms with Crippen molar-refractivity contribution in [2.75, 3.05) is 11.9 Å². The van der Waals surface area contributed by atoms with Gasteiger partial charge in [-0.15, -0.1) is 0 Å². The van der Waals surface area contributed by atoms with Crippen molar-refractivity contribution in [3.63, 3.8) is 0 Å². The number of aromatic nitrogens is 1. The summed E-state index contributed by atoms with van der Waals surface area (Å²) in [5, 5.41) is 15.2. The average Bonchev–Trinajstić information content (AvgIpc) is 3.24. The molecule has 3 amide bonds. The van der Waals surface area contributed by atoms with Gasteiger partial charge in [0.05, 0.1) is 16.8 Å². The lowest BCUT2D eigenvalue weighted by atomic mass is 10.1. The number of fused-ring (bicyclic) bond motifs is 2. The van der Waals surface area contributed by atoms with E-state index in [0.29, 0.717) is 23.2 Å². The largest absolute Gasteiger partial charge is 0.508 e. The Morgan fingerprint density at radius 1 is 1.09 bits per heavy atom. The van der Waals surface area contributed by atoms with E-state index in [1.165, 1.54) is 11.1 Å². The van der Waals surface area contributed by atoms with Crippen molar-refractivity contribution < 1.29 is 19.5 Å². The molecular formula is C26H22N4O4. The monoisotopic (exact) mass is 454 g/mol. The first-order valence-corrected chi connectivity index (χ1v) is 10.9. The number of phenolic OH excluding ortho intramolecular Hbond substituents is 1. The van der Waals surface area contributed by atoms with Crippen molar-refractivity contribution in [3.05, 3.63) is 89.2 Å². The molecule has 0 aliphatic carbocycles. The van der Waals surface area contributed by atoms with Crippen molar-refractivity contribution in [1.29, 1.82) is 0 Å². The number of carbonyl (C=O) groups is 3. The zero-order valence-electron chi connectivity index (χ0n) is 18.1. The third-order valence-electron chi connectivity index (χ3n) is 6.02. The molecule has 2 aliphatic heterocycles. The zero-order chi connectivity index (χ0) is 23.7. The lowest BCUT2D eigenvalue weighted by Gasteiger charge is -2.20. The predicted molar refractivity (Wildman–Crippen MR) is 127 cm³/mol. The number of anilines is 1. The van der Waals surface area contributed by atoms with Crippen molar-refractivity contribution in [2.24, 2.45) is 0 Å². The number of benzene rings is 2. The van der Waals surface area contributed by atoms with Gasteiger partial charge in [-0.25, -0.2) is 0 Å². The molecule has 5 rings (SSSR count). The van der Waals surface area contributed by atoms with Gasteiger partial charge in [-0.1, -0.05) is 30.4 Å². The van der Waals surface area contributed by atoms with Gasteiger partial charge in [0, 0.05) is 25.0 Å². The standard InChI is InChI=1S/C26H22N4O4/c31-20-8-5-16(6-9-20)3-4-17-7-10-22-21(12-17)26(34)30-15-19(13-23(30)25(33)29-22)28-24(32)18-2-1-11-27-14-18/h1-12,14,19,23,31H,13,15H2,(H,28,32)(H,29,33)/b4-3+/t19-,23-/m0/s1. The first-order valence-electron chi connectivity index (χ1n) is 10.9. The molecule has 2 aromatic carbocycles. The molecule has 0 spiro atoms. The Morgan fingerprint density at radius 3 is 2.62 bits per heavy atom. The van der Waals surface area contributed by atoms with Gasteiger partial charge in [-0.3, -0.25) is 19.4 Å². The minimum absolute atomic E-state index is 0.193. The molecule has 1 fully saturated rings. The number of rotatable bonds is 4. The van der Waals surface area contributed by atoms with Crippen molar-refractivity contribution >= 4 is 35.6 Å². The summed E-state index contributed by atoms with van der Waals surface area (Å²) in [6.45, 7) is 0.246. The number of nitrogens with one attached hydrogen (secondary N) is 2. The van der Waals surface area contributed by atoms with Crippen LogP contribution in [0.2, 0.25) is 0 Å². The number of aromatic hydroxyl groups is 1. The number of hydrogen-bond donors (Lipinski definition) is 3. The molecule has 170 valence electrons. The molecule has 1 aromatic heterocycles. The molecule has 2 atom stereocenters. The maximum Gasteiger partial charge on any atom is 0.256 e. The molecule has 8 nitrogen and oxygen atoms in total. The minimum Gasteiger partial charge on any atom is -0.508 e. The molecule has 0 bridgehead atoms. The van der Waals surface area contributed by atoms with Crippen LogP contribution in [0.25, 0.3) is 12.2 Å². The summed E-state index contributed by atoms with van der Waals surface area (Å²) in [6, 6.07) is 14.4. The SMILES string of the molecule is O=C(N[C@H]1C[C@H]2C(=O)Nc3ccc(/C=C/c4ccc(O)cc4)cc3C(=O)N2C1)c1cccnc1. The van der Waals surface area contributed by atoms with Gasteiger partial charge in [0.1, 0.15) is 11.8 Å². The van der Waals surface area contributed by atoms with Gasteiger partial charge in [-0.05, 0) is 53.9 Å². The summed E-state index contributed by atoms with van der Waals surface area (Å²) in [4.78, 5) is 44.3. The van der Waals surface area contributed by atoms with E-state index in [2.05, 4.69) is 15.6 Å². The van der Waals surface area contributed by atoms with Crippen LogP contribution >= 0.6 is 0 Å². The number of amides is 3. The lowest BCUT2D eigenvalue weighted by molar-refractivity contribution is -0.119. The van der Waals surface area contributed by atoms with Gasteiger partial charge in [0.2, 0.25) is 5.91 Å². The summed E-state index contributed by atoms with van der Waals surface area (Å²) in [5.74, 6) is -0.613. The van der Waals surface area contributed by atoms with Crippen LogP contribution in [0.1, 0.15) is 38.3 Å². The van der Waals surface area contributed by atoms with Crippen LogP contribution in [0.5, 0.6) is 5.75 Å². The second-order valence-corrected chi connectivity index (χ2v) is 8.34. The Labute approximate surface area is 195 Å². The highest BCUT2D eigenvalue weighted by Gasteiger charge is 2.43. The highest BCUT2D eigenvalue weighted by Crippen LogP contribution is 2.30. The third-order valence-corrected chi connectivity index (χ3v) is 6.02. The molecule has 2 aliphatic rings. The van der Waals surface area contributed by atoms with Crippen molar-refractivity contribution in [2.45, 2.75) is 18.5 Å². The van der Waals surface area contributed by atoms with E-state index in [4.69, 9.17) is 0 Å². The molecule has 3 N–H and O–H groups in total. The fourth-order valence-corrected chi connectivity index (χ4v) is 4.28. The number of hydrogen-bond acceptors (Lipinski definition) is 5. The van der Waals surface area contributed by atoms with Crippen LogP contribution in [0.3, 0.4) is 0 Å². The number of pyridine rings is 1. The van der Waals surface area contributed by atoms with Crippen LogP contribution < -0.4 is 10.6 Å². The summed E-state index contributed by atoms with van der Waals surface area (Å²) >= 11 is 0. The average molecular weight is 454 g/mol. The molecule has 0 unspecified atom stereocenters. The smallest absolute Gasteiger partial charge is 0.256 e. The second kappa shape index (κ2) is 8.82. The summed E-state index contributed by atoms with van der Waals surface area (Å²) < 4.78 is 0. The van der Waals surface area contributed by atoms with E-state index in [-0.39, 0.29) is 36.1 Å². The molecule has 1 saturated heterocycles. The topological polar surface area (TPSA) is 112 Å². The molecule has 3 aromatic rings. The summed E-state index contributed by atoms with van der Waals surface area (Å²) in [7, 11) is 0. The van der Waals surface area contributed by atoms with Crippen molar-refractivity contribution in [3.8, 4) is 5.75 Å². The van der Waals surface area contributed by atoms with Gasteiger partial charge >= 0.3 is 0 Å². The molecule has 0 radical (unpaired) electrons. The van der Waals surface area contributed by atoms with Gasteiger partial charge in [-0.2, -0.15) is 0 Å². The normalized spacial score (nSPS) is 19.4. The fourth-order valence-electron chi connectivity index (χ4n) is 4.28. The van der Waals surface area contributed by atoms with E-state index in [1.54, 1.807) is 54.7 Å². The molecule has 0 saturated carbocycles. The van der Waals surface area contributed by atoms with Crippen LogP contribution in [0.4, 0.5) is 5.69 Å². The van der Waals surface area contributed by atoms with E-state index < -0.39 is 6.04 Å². The number of nitrogens with zero attached hydrogens (tertiary/aromatic N) is 2. The Hall–Kier alpha value is -4.46. The Morgan fingerprint density at radius 2 is 1.85 bits per heavy atom. The first kappa shape index (κ1) is 21.4. The Kier molecular flexibility index (Phi) is 5.55. The zero-order valence-corrected chi connectivity index (χ0v) is 18.1. The van der Waals surface area contributed by atoms with Crippen LogP contribution in [0.15, 0.2) is 67.0 Å². The van der Waals surface area contributed by atoms with Crippen LogP contribution in [0, 0.1) is 0 Å². The molecule has 3 heterocycles. The third kappa shape index (κ3) is 4.25. The lowest BCUT2D eigenvalue weighted by Crippen LogP contribution is -2.41. The van der Waals surface area contributed by atoms with Gasteiger partial charge in [0.25, 0.3) is 11.8 Å². The molecule has 34 heavy (non-hydrogen) atoms. The second-order valence-electron chi connectivity index (χ2n) is 8.34. The maximum atomic E-state index is 13.4. The highest BCUT2D eigenvalue weighted by atomic mass is 16.3. The number of carbonyl (C=O) groups excluding carboxylic acids is 3. The van der Waals surface area contributed by atoms with Crippen LogP contribution in [-0.2, 0) is 4.79 Å². The van der Waals surface area contributed by atoms with E-state index in [1.807, 2.05) is 18.2 Å². The molecule has 8 heteroatoms.